The molecule has 0 bridgehead atoms. The maximum absolute atomic E-state index is 10.7. The molecule has 0 amide bonds. The molecular weight excluding hydrogens is 616 g/mol. The van der Waals surface area contributed by atoms with E-state index in [0.717, 1.165) is 22.8 Å². The Morgan fingerprint density at radius 2 is 0.829 bits per heavy atom. The predicted octanol–water partition coefficient (Wildman–Crippen LogP) is 2.75. The van der Waals surface area contributed by atoms with Crippen molar-refractivity contribution in [2.24, 2.45) is 0 Å². The molecule has 4 aromatic rings. The SMILES string of the molecule is CC#N.O.O=C1C(=O)C(Cl)=C([O-])C([O-])=C1Cl.[Ni+2].c1ccc(-c2ccccn2)nc1.c1ccc(-c2ccccn2)nc1. The van der Waals surface area contributed by atoms with Crippen molar-refractivity contribution < 1.29 is 41.8 Å². The summed E-state index contributed by atoms with van der Waals surface area (Å²) < 4.78 is 0. The molecule has 5 rings (SSSR count). The Morgan fingerprint density at radius 1 is 0.610 bits per heavy atom. The number of hydrogen-bond donors (Lipinski definition) is 0. The molecule has 1 aliphatic rings. The van der Waals surface area contributed by atoms with Crippen LogP contribution in [0.2, 0.25) is 0 Å². The van der Waals surface area contributed by atoms with E-state index in [1.165, 1.54) is 6.92 Å². The first-order chi connectivity index (χ1) is 18.8. The summed E-state index contributed by atoms with van der Waals surface area (Å²) in [6.45, 7) is 1.43. The molecule has 0 fully saturated rings. The first-order valence-corrected chi connectivity index (χ1v) is 11.8. The maximum Gasteiger partial charge on any atom is 2.00 e. The van der Waals surface area contributed by atoms with Gasteiger partial charge in [-0.05, 0) is 48.5 Å². The van der Waals surface area contributed by atoms with Gasteiger partial charge in [0.1, 0.15) is 0 Å². The second kappa shape index (κ2) is 19.6. The minimum atomic E-state index is -1.23. The second-order valence-electron chi connectivity index (χ2n) is 7.03. The van der Waals surface area contributed by atoms with Crippen molar-refractivity contribution in [2.75, 3.05) is 0 Å². The Kier molecular flexibility index (Phi) is 17.5. The number of hydrogen-bond acceptors (Lipinski definition) is 9. The number of allylic oxidation sites excluding steroid dienone is 2. The molecule has 0 spiro atoms. The maximum atomic E-state index is 10.7. The molecule has 212 valence electrons. The van der Waals surface area contributed by atoms with Gasteiger partial charge in [-0.25, -0.2) is 0 Å². The van der Waals surface area contributed by atoms with E-state index in [1.54, 1.807) is 30.9 Å². The van der Waals surface area contributed by atoms with E-state index in [2.05, 4.69) is 19.9 Å². The van der Waals surface area contributed by atoms with Crippen molar-refractivity contribution >= 4 is 34.8 Å². The van der Waals surface area contributed by atoms with E-state index in [0.29, 0.717) is 0 Å². The number of Topliss-reactive ketones (excluding diaryl/α,β-unsaturated/α-hetero) is 2. The van der Waals surface area contributed by atoms with Crippen LogP contribution in [-0.4, -0.2) is 37.0 Å². The Morgan fingerprint density at radius 3 is 1.00 bits per heavy atom. The average Bonchev–Trinajstić information content (AvgIpc) is 3.01. The first-order valence-electron chi connectivity index (χ1n) is 11.0. The third-order valence-electron chi connectivity index (χ3n) is 4.39. The fourth-order valence-corrected chi connectivity index (χ4v) is 3.01. The minimum Gasteiger partial charge on any atom is -0.872 e. The number of pyridine rings is 4. The topological polar surface area (TPSA) is 187 Å². The molecular formula is C28H21Cl2N5NiO5. The van der Waals surface area contributed by atoms with Gasteiger partial charge in [-0.2, -0.15) is 5.26 Å². The number of carbonyl (C=O) groups is 2. The van der Waals surface area contributed by atoms with Crippen LogP contribution in [0.5, 0.6) is 0 Å². The van der Waals surface area contributed by atoms with Crippen molar-refractivity contribution in [2.45, 2.75) is 6.92 Å². The van der Waals surface area contributed by atoms with Crippen molar-refractivity contribution in [3.8, 4) is 28.8 Å². The summed E-state index contributed by atoms with van der Waals surface area (Å²) in [6, 6.07) is 24.9. The van der Waals surface area contributed by atoms with Crippen molar-refractivity contribution in [1.29, 1.82) is 5.26 Å². The monoisotopic (exact) mass is 635 g/mol. The van der Waals surface area contributed by atoms with Gasteiger partial charge < -0.3 is 15.7 Å². The van der Waals surface area contributed by atoms with Gasteiger partial charge in [0.15, 0.2) is 0 Å². The smallest absolute Gasteiger partial charge is 0.872 e. The summed E-state index contributed by atoms with van der Waals surface area (Å²) in [7, 11) is 0. The zero-order valence-electron chi connectivity index (χ0n) is 21.2. The molecule has 0 saturated heterocycles. The Balaban J connectivity index is 0.000000545. The number of nitriles is 1. The summed E-state index contributed by atoms with van der Waals surface area (Å²) in [5, 5.41) is 26.9. The third kappa shape index (κ3) is 11.3. The fraction of sp³-hybridized carbons (Fsp3) is 0.0357. The predicted molar refractivity (Wildman–Crippen MR) is 146 cm³/mol. The summed E-state index contributed by atoms with van der Waals surface area (Å²) >= 11 is 10.2. The van der Waals surface area contributed by atoms with Gasteiger partial charge >= 0.3 is 16.5 Å². The zero-order chi connectivity index (χ0) is 28.6. The Bertz CT molecular complexity index is 1290. The van der Waals surface area contributed by atoms with E-state index in [9.17, 15) is 19.8 Å². The molecule has 2 N–H and O–H groups in total. The molecule has 4 aromatic heterocycles. The zero-order valence-corrected chi connectivity index (χ0v) is 23.7. The van der Waals surface area contributed by atoms with Crippen molar-refractivity contribution in [1.82, 2.24) is 19.9 Å². The normalized spacial score (nSPS) is 11.5. The van der Waals surface area contributed by atoms with Gasteiger partial charge in [0.2, 0.25) is 11.6 Å². The number of ketones is 2. The van der Waals surface area contributed by atoms with Crippen LogP contribution in [0.1, 0.15) is 6.92 Å². The molecule has 1 aliphatic carbocycles. The Labute approximate surface area is 255 Å². The van der Waals surface area contributed by atoms with Gasteiger partial charge in [0.25, 0.3) is 0 Å². The number of carbonyl (C=O) groups excluding carboxylic acids is 2. The van der Waals surface area contributed by atoms with Crippen LogP contribution in [0.3, 0.4) is 0 Å². The number of halogens is 2. The van der Waals surface area contributed by atoms with Crippen LogP contribution in [0, 0.1) is 11.3 Å². The van der Waals surface area contributed by atoms with Crippen LogP contribution >= 0.6 is 23.2 Å². The largest absolute Gasteiger partial charge is 2.00 e. The van der Waals surface area contributed by atoms with E-state index >= 15 is 0 Å². The summed E-state index contributed by atoms with van der Waals surface area (Å²) in [5.74, 6) is -4.92. The summed E-state index contributed by atoms with van der Waals surface area (Å²) in [5.41, 5.74) is 3.66. The molecule has 0 saturated carbocycles. The standard InChI is InChI=1S/2C10H8N2.C6H2Cl2O4.C2H3N.Ni.H2O/c2*1-3-7-11-9(5-1)10-6-2-4-8-12-10;7-1-3(9)5(11)2(8)6(12)4(1)10;1-2-3;;/h2*1-8H;9,11H;1H3;;1H2/q;;;;+2;/p-2. The second-order valence-corrected chi connectivity index (χ2v) is 7.78. The van der Waals surface area contributed by atoms with Crippen LogP contribution in [0.15, 0.2) is 119 Å². The van der Waals surface area contributed by atoms with Gasteiger partial charge in [-0.3, -0.25) is 29.5 Å². The summed E-state index contributed by atoms with van der Waals surface area (Å²) in [6.07, 6.45) is 7.07. The van der Waals surface area contributed by atoms with Gasteiger partial charge in [-0.15, -0.1) is 0 Å². The molecule has 0 atom stereocenters. The third-order valence-corrected chi connectivity index (χ3v) is 5.08. The van der Waals surface area contributed by atoms with Crippen LogP contribution < -0.4 is 10.2 Å². The van der Waals surface area contributed by atoms with E-state index in [-0.39, 0.29) is 22.0 Å². The minimum absolute atomic E-state index is 0. The summed E-state index contributed by atoms with van der Waals surface area (Å²) in [4.78, 5) is 38.1. The van der Waals surface area contributed by atoms with Gasteiger partial charge in [0.05, 0.1) is 38.9 Å². The van der Waals surface area contributed by atoms with Crippen LogP contribution in [-0.2, 0) is 26.1 Å². The molecule has 0 radical (unpaired) electrons. The van der Waals surface area contributed by atoms with Crippen molar-refractivity contribution in [3.05, 3.63) is 119 Å². The Hall–Kier alpha value is -4.46. The van der Waals surface area contributed by atoms with Crippen molar-refractivity contribution in [3.63, 3.8) is 0 Å². The molecule has 0 aliphatic heterocycles. The number of nitrogens with zero attached hydrogens (tertiary/aromatic N) is 5. The molecule has 0 unspecified atom stereocenters. The van der Waals surface area contributed by atoms with Gasteiger partial charge in [0, 0.05) is 31.7 Å². The average molecular weight is 637 g/mol. The van der Waals surface area contributed by atoms with Crippen LogP contribution in [0.25, 0.3) is 22.8 Å². The molecule has 13 heteroatoms. The number of aromatic nitrogens is 4. The van der Waals surface area contributed by atoms with E-state index in [1.807, 2.05) is 72.8 Å². The molecule has 10 nitrogen and oxygen atoms in total. The first kappa shape index (κ1) is 36.5. The molecule has 41 heavy (non-hydrogen) atoms. The fourth-order valence-electron chi connectivity index (χ4n) is 2.66. The van der Waals surface area contributed by atoms with E-state index < -0.39 is 33.1 Å². The van der Waals surface area contributed by atoms with Gasteiger partial charge in [-0.1, -0.05) is 59.0 Å². The number of rotatable bonds is 2. The quantitative estimate of drug-likeness (QED) is 0.181. The molecule has 0 aromatic carbocycles. The van der Waals surface area contributed by atoms with Crippen LogP contribution in [0.4, 0.5) is 0 Å². The van der Waals surface area contributed by atoms with E-state index in [4.69, 9.17) is 28.5 Å². The molecule has 4 heterocycles.